The molecule has 5 rings (SSSR count). The highest BCUT2D eigenvalue weighted by molar-refractivity contribution is 5.92. The molecule has 1 amide bonds. The first kappa shape index (κ1) is 17.4. The van der Waals surface area contributed by atoms with Crippen LogP contribution in [0.2, 0.25) is 0 Å². The summed E-state index contributed by atoms with van der Waals surface area (Å²) in [6, 6.07) is 12.5. The standard InChI is InChI=1S/C22H18N4O3/c1-13(27)23-14-2-4-15(5-3-14)25-10-8-19-17(21(25)28)12-18-20(24-19)9-11-26(22(18)29)16-6-7-16/h2-5,8-12,16H,6-7H2,1H3,(H,23,27). The van der Waals surface area contributed by atoms with Gasteiger partial charge in [0.1, 0.15) is 0 Å². The molecule has 1 N–H and O–H groups in total. The average molecular weight is 386 g/mol. The van der Waals surface area contributed by atoms with Crippen LogP contribution < -0.4 is 16.4 Å². The van der Waals surface area contributed by atoms with Crippen molar-refractivity contribution >= 4 is 33.4 Å². The second-order valence-electron chi connectivity index (χ2n) is 7.33. The molecular weight excluding hydrogens is 368 g/mol. The van der Waals surface area contributed by atoms with Crippen LogP contribution in [0.3, 0.4) is 0 Å². The maximum atomic E-state index is 13.1. The van der Waals surface area contributed by atoms with Crippen LogP contribution in [0.1, 0.15) is 25.8 Å². The van der Waals surface area contributed by atoms with E-state index in [1.54, 1.807) is 53.4 Å². The zero-order valence-electron chi connectivity index (χ0n) is 15.8. The molecule has 0 aliphatic heterocycles. The van der Waals surface area contributed by atoms with Crippen LogP contribution in [-0.2, 0) is 4.79 Å². The van der Waals surface area contributed by atoms with Gasteiger partial charge in [0.2, 0.25) is 5.91 Å². The number of anilines is 1. The SMILES string of the molecule is CC(=O)Nc1ccc(-n2ccc3nc4ccn(C5CC5)c(=O)c4cc3c2=O)cc1. The molecule has 3 aromatic heterocycles. The number of hydrogen-bond acceptors (Lipinski definition) is 4. The van der Waals surface area contributed by atoms with Gasteiger partial charge in [-0.3, -0.25) is 19.0 Å². The lowest BCUT2D eigenvalue weighted by Gasteiger charge is -2.10. The number of rotatable bonds is 3. The van der Waals surface area contributed by atoms with Gasteiger partial charge in [-0.2, -0.15) is 0 Å². The van der Waals surface area contributed by atoms with Crippen molar-refractivity contribution < 1.29 is 4.79 Å². The van der Waals surface area contributed by atoms with E-state index in [1.807, 2.05) is 6.07 Å². The average Bonchev–Trinajstić information content (AvgIpc) is 3.53. The van der Waals surface area contributed by atoms with Crippen molar-refractivity contribution in [2.24, 2.45) is 0 Å². The number of benzene rings is 1. The molecule has 7 nitrogen and oxygen atoms in total. The fourth-order valence-corrected chi connectivity index (χ4v) is 3.59. The smallest absolute Gasteiger partial charge is 0.264 e. The highest BCUT2D eigenvalue weighted by Crippen LogP contribution is 2.33. The molecule has 0 spiro atoms. The predicted octanol–water partition coefficient (Wildman–Crippen LogP) is 2.99. The Kier molecular flexibility index (Phi) is 3.84. The Morgan fingerprint density at radius 3 is 2.28 bits per heavy atom. The fourth-order valence-electron chi connectivity index (χ4n) is 3.59. The summed E-state index contributed by atoms with van der Waals surface area (Å²) in [7, 11) is 0. The van der Waals surface area contributed by atoms with Crippen molar-refractivity contribution in [1.82, 2.24) is 14.1 Å². The first-order valence-electron chi connectivity index (χ1n) is 9.46. The van der Waals surface area contributed by atoms with Crippen LogP contribution in [0.4, 0.5) is 5.69 Å². The highest BCUT2D eigenvalue weighted by Gasteiger charge is 2.25. The van der Waals surface area contributed by atoms with Crippen molar-refractivity contribution in [2.75, 3.05) is 5.32 Å². The van der Waals surface area contributed by atoms with Crippen LogP contribution in [0.25, 0.3) is 27.5 Å². The minimum Gasteiger partial charge on any atom is -0.326 e. The molecular formula is C22H18N4O3. The van der Waals surface area contributed by atoms with E-state index >= 15 is 0 Å². The molecule has 0 saturated heterocycles. The van der Waals surface area contributed by atoms with Gasteiger partial charge in [-0.05, 0) is 55.3 Å². The number of fused-ring (bicyclic) bond motifs is 2. The normalized spacial score (nSPS) is 13.7. The van der Waals surface area contributed by atoms with Gasteiger partial charge in [0.05, 0.1) is 21.8 Å². The van der Waals surface area contributed by atoms with E-state index in [4.69, 9.17) is 0 Å². The Labute approximate surface area is 165 Å². The largest absolute Gasteiger partial charge is 0.326 e. The summed E-state index contributed by atoms with van der Waals surface area (Å²) in [5.41, 5.74) is 2.12. The van der Waals surface area contributed by atoms with Gasteiger partial charge in [0.15, 0.2) is 0 Å². The van der Waals surface area contributed by atoms with Gasteiger partial charge in [-0.25, -0.2) is 4.98 Å². The molecule has 0 atom stereocenters. The zero-order chi connectivity index (χ0) is 20.1. The van der Waals surface area contributed by atoms with Crippen LogP contribution in [-0.4, -0.2) is 20.0 Å². The summed E-state index contributed by atoms with van der Waals surface area (Å²) in [6.45, 7) is 1.44. The predicted molar refractivity (Wildman–Crippen MR) is 112 cm³/mol. The Balaban J connectivity index is 1.66. The van der Waals surface area contributed by atoms with Crippen LogP contribution >= 0.6 is 0 Å². The van der Waals surface area contributed by atoms with Crippen LogP contribution in [0.15, 0.2) is 64.4 Å². The highest BCUT2D eigenvalue weighted by atomic mass is 16.1. The van der Waals surface area contributed by atoms with Gasteiger partial charge >= 0.3 is 0 Å². The van der Waals surface area contributed by atoms with Gasteiger partial charge in [-0.15, -0.1) is 0 Å². The molecule has 0 unspecified atom stereocenters. The summed E-state index contributed by atoms with van der Waals surface area (Å²) in [6.07, 6.45) is 5.47. The zero-order valence-corrected chi connectivity index (χ0v) is 15.8. The van der Waals surface area contributed by atoms with E-state index in [0.717, 1.165) is 12.8 Å². The lowest BCUT2D eigenvalue weighted by molar-refractivity contribution is -0.114. The maximum absolute atomic E-state index is 13.1. The first-order valence-corrected chi connectivity index (χ1v) is 9.46. The summed E-state index contributed by atoms with van der Waals surface area (Å²) < 4.78 is 3.24. The van der Waals surface area contributed by atoms with Crippen molar-refractivity contribution in [3.8, 4) is 5.69 Å². The van der Waals surface area contributed by atoms with Crippen molar-refractivity contribution in [1.29, 1.82) is 0 Å². The molecule has 1 saturated carbocycles. The van der Waals surface area contributed by atoms with Crippen LogP contribution in [0.5, 0.6) is 0 Å². The fraction of sp³-hybridized carbons (Fsp3) is 0.182. The lowest BCUT2D eigenvalue weighted by atomic mass is 10.2. The van der Waals surface area contributed by atoms with E-state index in [0.29, 0.717) is 33.2 Å². The molecule has 0 bridgehead atoms. The molecule has 0 radical (unpaired) electrons. The van der Waals surface area contributed by atoms with Crippen LogP contribution in [0, 0.1) is 0 Å². The first-order chi connectivity index (χ1) is 14.0. The monoisotopic (exact) mass is 386 g/mol. The van der Waals surface area contributed by atoms with Crippen molar-refractivity contribution in [3.63, 3.8) is 0 Å². The summed E-state index contributed by atoms with van der Waals surface area (Å²) in [5.74, 6) is -0.157. The minimum absolute atomic E-state index is 0.103. The number of carbonyl (C=O) groups excluding carboxylic acids is 1. The molecule has 29 heavy (non-hydrogen) atoms. The van der Waals surface area contributed by atoms with E-state index in [9.17, 15) is 14.4 Å². The maximum Gasteiger partial charge on any atom is 0.264 e. The number of aromatic nitrogens is 3. The number of pyridine rings is 3. The molecule has 1 fully saturated rings. The summed E-state index contributed by atoms with van der Waals surface area (Å²) >= 11 is 0. The number of nitrogens with zero attached hydrogens (tertiary/aromatic N) is 3. The number of amides is 1. The molecule has 4 aromatic rings. The van der Waals surface area contributed by atoms with E-state index in [1.165, 1.54) is 11.5 Å². The quantitative estimate of drug-likeness (QED) is 0.549. The third-order valence-electron chi connectivity index (χ3n) is 5.18. The number of nitrogens with one attached hydrogen (secondary N) is 1. The summed E-state index contributed by atoms with van der Waals surface area (Å²) in [5, 5.41) is 3.56. The Morgan fingerprint density at radius 1 is 0.966 bits per heavy atom. The molecule has 3 heterocycles. The van der Waals surface area contributed by atoms with E-state index in [2.05, 4.69) is 10.3 Å². The summed E-state index contributed by atoms with van der Waals surface area (Å²) in [4.78, 5) is 41.6. The Morgan fingerprint density at radius 2 is 1.62 bits per heavy atom. The second-order valence-corrected chi connectivity index (χ2v) is 7.33. The molecule has 7 heteroatoms. The lowest BCUT2D eigenvalue weighted by Crippen LogP contribution is -2.21. The van der Waals surface area contributed by atoms with Crippen molar-refractivity contribution in [3.05, 3.63) is 75.6 Å². The van der Waals surface area contributed by atoms with Gasteiger partial charge in [0.25, 0.3) is 11.1 Å². The third-order valence-corrected chi connectivity index (χ3v) is 5.18. The van der Waals surface area contributed by atoms with Gasteiger partial charge < -0.3 is 9.88 Å². The Bertz CT molecular complexity index is 1400. The number of carbonyl (C=O) groups is 1. The topological polar surface area (TPSA) is 86.0 Å². The Hall–Kier alpha value is -3.74. The number of hydrogen-bond donors (Lipinski definition) is 1. The van der Waals surface area contributed by atoms with Crippen molar-refractivity contribution in [2.45, 2.75) is 25.8 Å². The van der Waals surface area contributed by atoms with Gasteiger partial charge in [0, 0.05) is 36.7 Å². The molecule has 1 aliphatic carbocycles. The third kappa shape index (κ3) is 3.00. The minimum atomic E-state index is -0.245. The second kappa shape index (κ2) is 6.41. The molecule has 144 valence electrons. The van der Waals surface area contributed by atoms with Gasteiger partial charge in [-0.1, -0.05) is 0 Å². The van der Waals surface area contributed by atoms with E-state index < -0.39 is 0 Å². The van der Waals surface area contributed by atoms with E-state index in [-0.39, 0.29) is 23.1 Å². The molecule has 1 aromatic carbocycles. The molecule has 1 aliphatic rings.